The first-order chi connectivity index (χ1) is 9.47. The lowest BCUT2D eigenvalue weighted by Crippen LogP contribution is -2.47. The van der Waals surface area contributed by atoms with Gasteiger partial charge in [-0.15, -0.1) is 0 Å². The summed E-state index contributed by atoms with van der Waals surface area (Å²) in [6.45, 7) is 5.13. The molecule has 0 spiro atoms. The Hall–Kier alpha value is -1.03. The molecule has 1 aromatic rings. The van der Waals surface area contributed by atoms with E-state index in [0.717, 1.165) is 0 Å². The number of amides is 1. The molecule has 5 heteroatoms. The van der Waals surface area contributed by atoms with E-state index in [2.05, 4.69) is 0 Å². The van der Waals surface area contributed by atoms with Gasteiger partial charge in [0, 0.05) is 34.8 Å². The average molecular weight is 314 g/mol. The van der Waals surface area contributed by atoms with Crippen LogP contribution >= 0.6 is 23.2 Å². The molecule has 0 bridgehead atoms. The Morgan fingerprint density at radius 3 is 2.35 bits per heavy atom. The fourth-order valence-corrected chi connectivity index (χ4v) is 2.81. The lowest BCUT2D eigenvalue weighted by atomic mass is 10.2. The Bertz CT molecular complexity index is 500. The summed E-state index contributed by atoms with van der Waals surface area (Å²) in [4.78, 5) is 14.0. The van der Waals surface area contributed by atoms with Crippen LogP contribution in [0.25, 0.3) is 6.08 Å². The Labute approximate surface area is 129 Å². The number of morpholine rings is 1. The van der Waals surface area contributed by atoms with Crippen molar-refractivity contribution in [2.45, 2.75) is 26.1 Å². The highest BCUT2D eigenvalue weighted by Crippen LogP contribution is 2.25. The minimum absolute atomic E-state index is 0.0528. The monoisotopic (exact) mass is 313 g/mol. The molecule has 0 N–H and O–H groups in total. The molecule has 0 aliphatic carbocycles. The smallest absolute Gasteiger partial charge is 0.246 e. The highest BCUT2D eigenvalue weighted by atomic mass is 35.5. The maximum Gasteiger partial charge on any atom is 0.246 e. The molecule has 1 aromatic carbocycles. The maximum absolute atomic E-state index is 12.2. The second kappa shape index (κ2) is 6.61. The topological polar surface area (TPSA) is 29.5 Å². The Balaban J connectivity index is 2.09. The summed E-state index contributed by atoms with van der Waals surface area (Å²) in [6, 6.07) is 5.27. The van der Waals surface area contributed by atoms with E-state index in [9.17, 15) is 4.79 Å². The van der Waals surface area contributed by atoms with Crippen molar-refractivity contribution in [2.24, 2.45) is 0 Å². The third-order valence-electron chi connectivity index (χ3n) is 3.12. The second-order valence-electron chi connectivity index (χ2n) is 4.97. The molecule has 1 heterocycles. The number of ether oxygens (including phenoxy) is 1. The van der Waals surface area contributed by atoms with E-state index in [4.69, 9.17) is 27.9 Å². The van der Waals surface area contributed by atoms with Crippen LogP contribution in [0.15, 0.2) is 24.3 Å². The molecule has 0 radical (unpaired) electrons. The Morgan fingerprint density at radius 1 is 1.25 bits per heavy atom. The zero-order chi connectivity index (χ0) is 14.7. The molecule has 0 saturated carbocycles. The van der Waals surface area contributed by atoms with E-state index in [1.165, 1.54) is 6.08 Å². The molecule has 1 amide bonds. The van der Waals surface area contributed by atoms with Crippen LogP contribution in [0.3, 0.4) is 0 Å². The summed E-state index contributed by atoms with van der Waals surface area (Å²) >= 11 is 12.1. The number of rotatable bonds is 2. The van der Waals surface area contributed by atoms with Gasteiger partial charge in [0.05, 0.1) is 12.2 Å². The standard InChI is InChI=1S/C15H17Cl2NO2/c1-10-8-18(9-11(2)20-10)15(19)7-6-12-13(16)4-3-5-14(12)17/h3-7,10-11H,8-9H2,1-2H3/b7-6+. The van der Waals surface area contributed by atoms with Crippen molar-refractivity contribution in [2.75, 3.05) is 13.1 Å². The van der Waals surface area contributed by atoms with Crippen LogP contribution in [0.5, 0.6) is 0 Å². The van der Waals surface area contributed by atoms with Crippen molar-refractivity contribution in [3.05, 3.63) is 39.9 Å². The Morgan fingerprint density at radius 2 is 1.80 bits per heavy atom. The number of carbonyl (C=O) groups excluding carboxylic acids is 1. The van der Waals surface area contributed by atoms with E-state index >= 15 is 0 Å². The molecule has 2 atom stereocenters. The van der Waals surface area contributed by atoms with Crippen molar-refractivity contribution in [3.63, 3.8) is 0 Å². The zero-order valence-corrected chi connectivity index (χ0v) is 13.0. The van der Waals surface area contributed by atoms with Crippen molar-refractivity contribution in [3.8, 4) is 0 Å². The molecule has 2 unspecified atom stereocenters. The van der Waals surface area contributed by atoms with Gasteiger partial charge in [0.25, 0.3) is 0 Å². The van der Waals surface area contributed by atoms with E-state index in [-0.39, 0.29) is 18.1 Å². The Kier molecular flexibility index (Phi) is 5.08. The first-order valence-electron chi connectivity index (χ1n) is 6.54. The van der Waals surface area contributed by atoms with Crippen LogP contribution in [0.2, 0.25) is 10.0 Å². The van der Waals surface area contributed by atoms with Gasteiger partial charge in [-0.25, -0.2) is 0 Å². The highest BCUT2D eigenvalue weighted by Gasteiger charge is 2.24. The van der Waals surface area contributed by atoms with Gasteiger partial charge in [-0.3, -0.25) is 4.79 Å². The van der Waals surface area contributed by atoms with Gasteiger partial charge >= 0.3 is 0 Å². The van der Waals surface area contributed by atoms with Crippen LogP contribution in [0.4, 0.5) is 0 Å². The molecule has 1 aliphatic rings. The first-order valence-corrected chi connectivity index (χ1v) is 7.29. The van der Waals surface area contributed by atoms with Crippen molar-refractivity contribution >= 4 is 35.2 Å². The van der Waals surface area contributed by atoms with Crippen molar-refractivity contribution < 1.29 is 9.53 Å². The summed E-state index contributed by atoms with van der Waals surface area (Å²) in [7, 11) is 0. The molecule has 1 fully saturated rings. The number of carbonyl (C=O) groups is 1. The summed E-state index contributed by atoms with van der Waals surface area (Å²) in [6.07, 6.45) is 3.29. The number of hydrogen-bond acceptors (Lipinski definition) is 2. The van der Waals surface area contributed by atoms with E-state index < -0.39 is 0 Å². The van der Waals surface area contributed by atoms with E-state index in [1.807, 2.05) is 13.8 Å². The molecule has 3 nitrogen and oxygen atoms in total. The number of halogens is 2. The van der Waals surface area contributed by atoms with Crippen molar-refractivity contribution in [1.82, 2.24) is 4.90 Å². The molecular weight excluding hydrogens is 297 g/mol. The molecular formula is C15H17Cl2NO2. The molecule has 20 heavy (non-hydrogen) atoms. The van der Waals surface area contributed by atoms with Gasteiger partial charge in [0.2, 0.25) is 5.91 Å². The van der Waals surface area contributed by atoms with Gasteiger partial charge in [-0.1, -0.05) is 29.3 Å². The van der Waals surface area contributed by atoms with Gasteiger partial charge in [-0.2, -0.15) is 0 Å². The maximum atomic E-state index is 12.2. The second-order valence-corrected chi connectivity index (χ2v) is 5.78. The van der Waals surface area contributed by atoms with Gasteiger partial charge < -0.3 is 9.64 Å². The summed E-state index contributed by atoms with van der Waals surface area (Å²) in [5.74, 6) is -0.0528. The highest BCUT2D eigenvalue weighted by molar-refractivity contribution is 6.37. The van der Waals surface area contributed by atoms with Crippen LogP contribution in [-0.2, 0) is 9.53 Å². The van der Waals surface area contributed by atoms with Crippen LogP contribution in [0.1, 0.15) is 19.4 Å². The third kappa shape index (κ3) is 3.75. The van der Waals surface area contributed by atoms with Crippen LogP contribution in [0, 0.1) is 0 Å². The lowest BCUT2D eigenvalue weighted by molar-refractivity contribution is -0.137. The largest absolute Gasteiger partial charge is 0.372 e. The van der Waals surface area contributed by atoms with Gasteiger partial charge in [0.1, 0.15) is 0 Å². The van der Waals surface area contributed by atoms with E-state index in [1.54, 1.807) is 29.2 Å². The van der Waals surface area contributed by atoms with Crippen LogP contribution in [-0.4, -0.2) is 36.1 Å². The SMILES string of the molecule is CC1CN(C(=O)/C=C/c2c(Cl)cccc2Cl)CC(C)O1. The first kappa shape index (κ1) is 15.4. The normalized spacial score (nSPS) is 23.3. The molecule has 1 saturated heterocycles. The minimum atomic E-state index is -0.0528. The minimum Gasteiger partial charge on any atom is -0.372 e. The number of hydrogen-bond donors (Lipinski definition) is 0. The predicted molar refractivity (Wildman–Crippen MR) is 82.1 cm³/mol. The zero-order valence-electron chi connectivity index (χ0n) is 11.5. The predicted octanol–water partition coefficient (Wildman–Crippen LogP) is 3.64. The quantitative estimate of drug-likeness (QED) is 0.780. The number of nitrogens with zero attached hydrogens (tertiary/aromatic N) is 1. The summed E-state index contributed by atoms with van der Waals surface area (Å²) < 4.78 is 5.61. The molecule has 1 aliphatic heterocycles. The third-order valence-corrected chi connectivity index (χ3v) is 3.78. The summed E-state index contributed by atoms with van der Waals surface area (Å²) in [5, 5.41) is 1.07. The fraction of sp³-hybridized carbons (Fsp3) is 0.400. The van der Waals surface area contributed by atoms with Gasteiger partial charge in [0.15, 0.2) is 0 Å². The van der Waals surface area contributed by atoms with Crippen LogP contribution < -0.4 is 0 Å². The molecule has 108 valence electrons. The van der Waals surface area contributed by atoms with E-state index in [0.29, 0.717) is 28.7 Å². The van der Waals surface area contributed by atoms with Gasteiger partial charge in [-0.05, 0) is 32.1 Å². The molecule has 0 aromatic heterocycles. The molecule has 2 rings (SSSR count). The lowest BCUT2D eigenvalue weighted by Gasteiger charge is -2.34. The number of benzene rings is 1. The summed E-state index contributed by atoms with van der Waals surface area (Å²) in [5.41, 5.74) is 0.665. The van der Waals surface area contributed by atoms with Crippen molar-refractivity contribution in [1.29, 1.82) is 0 Å². The average Bonchev–Trinajstić information content (AvgIpc) is 2.36. The fourth-order valence-electron chi connectivity index (χ4n) is 2.29.